The van der Waals surface area contributed by atoms with Gasteiger partial charge in [-0.05, 0) is 30.2 Å². The van der Waals surface area contributed by atoms with Gasteiger partial charge >= 0.3 is 0 Å². The highest BCUT2D eigenvalue weighted by atomic mass is 19.1. The number of nitrogen functional groups attached to an aromatic ring is 1. The third-order valence-electron chi connectivity index (χ3n) is 4.77. The summed E-state index contributed by atoms with van der Waals surface area (Å²) in [5, 5.41) is 10.0. The number of nitrogens with two attached hydrogens (primary N) is 1. The highest BCUT2D eigenvalue weighted by molar-refractivity contribution is 5.94. The number of carbonyl (C=O) groups excluding carboxylic acids is 1. The number of amides is 1. The Morgan fingerprint density at radius 2 is 1.73 bits per heavy atom. The number of carbonyl (C=O) groups is 1. The van der Waals surface area contributed by atoms with Crippen LogP contribution < -0.4 is 15.8 Å². The van der Waals surface area contributed by atoms with Gasteiger partial charge in [-0.3, -0.25) is 15.2 Å². The summed E-state index contributed by atoms with van der Waals surface area (Å²) in [7, 11) is 0. The lowest BCUT2D eigenvalue weighted by Gasteiger charge is -2.19. The van der Waals surface area contributed by atoms with Gasteiger partial charge in [-0.1, -0.05) is 24.3 Å². The van der Waals surface area contributed by atoms with Crippen LogP contribution in [0.3, 0.4) is 0 Å². The van der Waals surface area contributed by atoms with E-state index in [0.29, 0.717) is 5.56 Å². The molecule has 0 unspecified atom stereocenters. The predicted octanol–water partition coefficient (Wildman–Crippen LogP) is 3.62. The first-order valence-electron chi connectivity index (χ1n) is 10.2. The van der Waals surface area contributed by atoms with Crippen LogP contribution in [0.2, 0.25) is 0 Å². The van der Waals surface area contributed by atoms with E-state index in [1.54, 1.807) is 55.7 Å². The Hall–Kier alpha value is -3.85. The number of benzene rings is 2. The molecule has 172 valence electrons. The van der Waals surface area contributed by atoms with Crippen molar-refractivity contribution < 1.29 is 23.0 Å². The van der Waals surface area contributed by atoms with Crippen molar-refractivity contribution in [3.63, 3.8) is 0 Å². The lowest BCUT2D eigenvalue weighted by atomic mass is 10.1. The van der Waals surface area contributed by atoms with Gasteiger partial charge in [-0.2, -0.15) is 0 Å². The minimum atomic E-state index is -1.47. The summed E-state index contributed by atoms with van der Waals surface area (Å²) < 4.78 is 40.5. The SMILES string of the molecule is CCO[C@H](C(=O)NCc1ccc(C(=N)N)cc1)c1c(F)cc(OCc2ccncc2)cc1F. The van der Waals surface area contributed by atoms with Gasteiger partial charge in [0.25, 0.3) is 5.91 Å². The van der Waals surface area contributed by atoms with Crippen molar-refractivity contribution in [2.75, 3.05) is 6.61 Å². The number of amidine groups is 1. The second-order valence-electron chi connectivity index (χ2n) is 7.11. The molecule has 9 heteroatoms. The van der Waals surface area contributed by atoms with Crippen molar-refractivity contribution in [3.05, 3.63) is 94.8 Å². The van der Waals surface area contributed by atoms with Crippen molar-refractivity contribution in [2.24, 2.45) is 5.73 Å². The molecule has 1 atom stereocenters. The number of pyridine rings is 1. The average molecular weight is 454 g/mol. The molecule has 1 heterocycles. The molecular weight excluding hydrogens is 430 g/mol. The summed E-state index contributed by atoms with van der Waals surface area (Å²) in [4.78, 5) is 16.6. The van der Waals surface area contributed by atoms with Gasteiger partial charge in [0, 0.05) is 43.2 Å². The first-order valence-corrected chi connectivity index (χ1v) is 10.2. The molecule has 33 heavy (non-hydrogen) atoms. The molecule has 0 radical (unpaired) electrons. The van der Waals surface area contributed by atoms with Crippen LogP contribution in [-0.4, -0.2) is 23.3 Å². The normalized spacial score (nSPS) is 11.6. The predicted molar refractivity (Wildman–Crippen MR) is 119 cm³/mol. The van der Waals surface area contributed by atoms with Gasteiger partial charge in [0.1, 0.15) is 29.8 Å². The number of halogens is 2. The number of nitrogens with zero attached hydrogens (tertiary/aromatic N) is 1. The summed E-state index contributed by atoms with van der Waals surface area (Å²) in [5.74, 6) is -2.65. The van der Waals surface area contributed by atoms with Crippen LogP contribution in [0.15, 0.2) is 60.9 Å². The van der Waals surface area contributed by atoms with Crippen LogP contribution in [-0.2, 0) is 22.7 Å². The monoisotopic (exact) mass is 454 g/mol. The third kappa shape index (κ3) is 6.33. The molecule has 3 aromatic rings. The van der Waals surface area contributed by atoms with Crippen LogP contribution >= 0.6 is 0 Å². The fourth-order valence-corrected chi connectivity index (χ4v) is 3.08. The topological polar surface area (TPSA) is 110 Å². The number of rotatable bonds is 10. The van der Waals surface area contributed by atoms with Gasteiger partial charge in [0.05, 0.1) is 5.56 Å². The zero-order valence-electron chi connectivity index (χ0n) is 18.0. The van der Waals surface area contributed by atoms with Crippen molar-refractivity contribution in [1.29, 1.82) is 5.41 Å². The third-order valence-corrected chi connectivity index (χ3v) is 4.77. The number of ether oxygens (including phenoxy) is 2. The first kappa shape index (κ1) is 23.8. The lowest BCUT2D eigenvalue weighted by molar-refractivity contribution is -0.133. The molecule has 1 aromatic heterocycles. The molecule has 0 bridgehead atoms. The molecule has 0 spiro atoms. The molecule has 3 rings (SSSR count). The minimum Gasteiger partial charge on any atom is -0.489 e. The molecule has 0 saturated carbocycles. The van der Waals surface area contributed by atoms with Crippen LogP contribution in [0, 0.1) is 17.0 Å². The Balaban J connectivity index is 1.71. The Morgan fingerprint density at radius 3 is 2.30 bits per heavy atom. The largest absolute Gasteiger partial charge is 0.489 e. The molecular formula is C24H24F2N4O3. The molecule has 0 aliphatic carbocycles. The van der Waals surface area contributed by atoms with Crippen molar-refractivity contribution >= 4 is 11.7 Å². The number of nitrogens with one attached hydrogen (secondary N) is 2. The smallest absolute Gasteiger partial charge is 0.254 e. The summed E-state index contributed by atoms with van der Waals surface area (Å²) in [6.07, 6.45) is 1.71. The van der Waals surface area contributed by atoms with Gasteiger partial charge in [0.2, 0.25) is 0 Å². The summed E-state index contributed by atoms with van der Waals surface area (Å²) in [5.41, 5.74) is 7.00. The van der Waals surface area contributed by atoms with E-state index < -0.39 is 29.2 Å². The standard InChI is InChI=1S/C24H24F2N4O3/c1-2-32-22(24(31)30-13-15-3-5-17(6-4-15)23(27)28)21-19(25)11-18(12-20(21)26)33-14-16-7-9-29-10-8-16/h3-12,22H,2,13-14H2,1H3,(H3,27,28)(H,30,31)/t22-/m0/s1. The van der Waals surface area contributed by atoms with Gasteiger partial charge in [-0.15, -0.1) is 0 Å². The zero-order valence-corrected chi connectivity index (χ0v) is 18.0. The average Bonchev–Trinajstić information content (AvgIpc) is 2.81. The van der Waals surface area contributed by atoms with Crippen molar-refractivity contribution in [1.82, 2.24) is 10.3 Å². The van der Waals surface area contributed by atoms with E-state index in [2.05, 4.69) is 10.3 Å². The van der Waals surface area contributed by atoms with Crippen LogP contribution in [0.1, 0.15) is 35.3 Å². The summed E-state index contributed by atoms with van der Waals surface area (Å²) in [6.45, 7) is 1.92. The molecule has 7 nitrogen and oxygen atoms in total. The van der Waals surface area contributed by atoms with E-state index in [9.17, 15) is 13.6 Å². The van der Waals surface area contributed by atoms with E-state index in [1.165, 1.54) is 0 Å². The highest BCUT2D eigenvalue weighted by Crippen LogP contribution is 2.29. The van der Waals surface area contributed by atoms with E-state index >= 15 is 0 Å². The second-order valence-corrected chi connectivity index (χ2v) is 7.11. The molecule has 0 fully saturated rings. The molecule has 1 amide bonds. The van der Waals surface area contributed by atoms with E-state index in [0.717, 1.165) is 23.3 Å². The molecule has 0 aliphatic rings. The first-order chi connectivity index (χ1) is 15.9. The fourth-order valence-electron chi connectivity index (χ4n) is 3.08. The van der Waals surface area contributed by atoms with Crippen LogP contribution in [0.25, 0.3) is 0 Å². The Labute approximate surface area is 190 Å². The number of hydrogen-bond donors (Lipinski definition) is 3. The minimum absolute atomic E-state index is 0.00761. The van der Waals surface area contributed by atoms with Crippen LogP contribution in [0.5, 0.6) is 5.75 Å². The Morgan fingerprint density at radius 1 is 1.09 bits per heavy atom. The highest BCUT2D eigenvalue weighted by Gasteiger charge is 2.28. The maximum atomic E-state index is 14.8. The second kappa shape index (κ2) is 11.1. The van der Waals surface area contributed by atoms with E-state index in [4.69, 9.17) is 20.6 Å². The Kier molecular flexibility index (Phi) is 8.04. The molecule has 4 N–H and O–H groups in total. The fraction of sp³-hybridized carbons (Fsp3) is 0.208. The summed E-state index contributed by atoms with van der Waals surface area (Å²) in [6, 6.07) is 12.2. The van der Waals surface area contributed by atoms with E-state index in [1.807, 2.05) is 0 Å². The van der Waals surface area contributed by atoms with Crippen LogP contribution in [0.4, 0.5) is 8.78 Å². The number of hydrogen-bond acceptors (Lipinski definition) is 5. The number of aromatic nitrogens is 1. The van der Waals surface area contributed by atoms with E-state index in [-0.39, 0.29) is 31.3 Å². The van der Waals surface area contributed by atoms with Gasteiger partial charge in [-0.25, -0.2) is 8.78 Å². The van der Waals surface area contributed by atoms with Gasteiger partial charge in [0.15, 0.2) is 6.10 Å². The zero-order chi connectivity index (χ0) is 23.8. The summed E-state index contributed by atoms with van der Waals surface area (Å²) >= 11 is 0. The Bertz CT molecular complexity index is 1090. The lowest BCUT2D eigenvalue weighted by Crippen LogP contribution is -2.31. The molecule has 2 aromatic carbocycles. The molecule has 0 aliphatic heterocycles. The quantitative estimate of drug-likeness (QED) is 0.320. The maximum Gasteiger partial charge on any atom is 0.254 e. The van der Waals surface area contributed by atoms with Gasteiger partial charge < -0.3 is 20.5 Å². The maximum absolute atomic E-state index is 14.8. The molecule has 0 saturated heterocycles. The van der Waals surface area contributed by atoms with Crippen molar-refractivity contribution in [3.8, 4) is 5.75 Å². The van der Waals surface area contributed by atoms with Crippen molar-refractivity contribution in [2.45, 2.75) is 26.2 Å².